The van der Waals surface area contributed by atoms with Gasteiger partial charge in [-0.05, 0) is 30.3 Å². The first-order valence-electron chi connectivity index (χ1n) is 5.57. The Morgan fingerprint density at radius 3 is 2.74 bits per heavy atom. The Labute approximate surface area is 119 Å². The van der Waals surface area contributed by atoms with Crippen molar-refractivity contribution in [1.82, 2.24) is 15.0 Å². The monoisotopic (exact) mass is 288 g/mol. The normalized spacial score (nSPS) is 10.8. The zero-order chi connectivity index (χ0) is 13.4. The molecule has 0 aliphatic rings. The maximum Gasteiger partial charge on any atom is 0.113 e. The highest BCUT2D eigenvalue weighted by molar-refractivity contribution is 7.80. The Hall–Kier alpha value is -1.98. The van der Waals surface area contributed by atoms with E-state index in [4.69, 9.17) is 29.6 Å². The van der Waals surface area contributed by atoms with Crippen LogP contribution in [-0.4, -0.2) is 20.0 Å². The van der Waals surface area contributed by atoms with Crippen LogP contribution in [0.5, 0.6) is 0 Å². The highest BCUT2D eigenvalue weighted by atomic mass is 35.5. The smallest absolute Gasteiger partial charge is 0.113 e. The summed E-state index contributed by atoms with van der Waals surface area (Å²) < 4.78 is 1.70. The van der Waals surface area contributed by atoms with Crippen LogP contribution >= 0.6 is 23.8 Å². The molecule has 0 bridgehead atoms. The van der Waals surface area contributed by atoms with Crippen molar-refractivity contribution in [3.05, 3.63) is 53.1 Å². The van der Waals surface area contributed by atoms with Gasteiger partial charge in [0.2, 0.25) is 0 Å². The van der Waals surface area contributed by atoms with Crippen molar-refractivity contribution in [3.8, 4) is 5.69 Å². The van der Waals surface area contributed by atoms with Crippen molar-refractivity contribution in [2.75, 3.05) is 0 Å². The van der Waals surface area contributed by atoms with Crippen LogP contribution < -0.4 is 5.73 Å². The van der Waals surface area contributed by atoms with Crippen molar-refractivity contribution in [1.29, 1.82) is 0 Å². The lowest BCUT2D eigenvalue weighted by molar-refractivity contribution is 0.824. The molecule has 0 amide bonds. The summed E-state index contributed by atoms with van der Waals surface area (Å²) in [5.74, 6) is 0. The highest BCUT2D eigenvalue weighted by Gasteiger charge is 2.10. The molecule has 0 atom stereocenters. The van der Waals surface area contributed by atoms with Crippen molar-refractivity contribution in [2.45, 2.75) is 0 Å². The average molecular weight is 289 g/mol. The van der Waals surface area contributed by atoms with Gasteiger partial charge < -0.3 is 5.73 Å². The molecule has 0 saturated carbocycles. The van der Waals surface area contributed by atoms with E-state index in [1.165, 1.54) is 0 Å². The maximum atomic E-state index is 6.26. The van der Waals surface area contributed by atoms with E-state index < -0.39 is 0 Å². The first-order chi connectivity index (χ1) is 9.16. The largest absolute Gasteiger partial charge is 0.389 e. The molecule has 19 heavy (non-hydrogen) atoms. The first-order valence-corrected chi connectivity index (χ1v) is 6.35. The molecule has 0 unspecified atom stereocenters. The van der Waals surface area contributed by atoms with Gasteiger partial charge in [-0.3, -0.25) is 0 Å². The number of nitrogens with zero attached hydrogens (tertiary/aromatic N) is 3. The predicted molar refractivity (Wildman–Crippen MR) is 79.8 cm³/mol. The number of aromatic nitrogens is 3. The second-order valence-corrected chi connectivity index (χ2v) is 4.87. The summed E-state index contributed by atoms with van der Waals surface area (Å²) in [5.41, 5.74) is 8.77. The van der Waals surface area contributed by atoms with E-state index in [-0.39, 0.29) is 0 Å². The standard InChI is InChI=1S/C13H9ClN4S/c14-9-7-8(13(15)19)5-6-11(9)18-12-4-2-1-3-10(12)16-17-18/h1-7H,(H2,15,19). The van der Waals surface area contributed by atoms with Gasteiger partial charge in [-0.25, -0.2) is 4.68 Å². The van der Waals surface area contributed by atoms with Crippen molar-refractivity contribution in [2.24, 2.45) is 5.73 Å². The number of hydrogen-bond donors (Lipinski definition) is 1. The Kier molecular flexibility index (Phi) is 2.93. The Balaban J connectivity index is 2.19. The molecule has 0 saturated heterocycles. The van der Waals surface area contributed by atoms with Gasteiger partial charge >= 0.3 is 0 Å². The van der Waals surface area contributed by atoms with Gasteiger partial charge in [0.05, 0.1) is 16.2 Å². The molecule has 0 radical (unpaired) electrons. The summed E-state index contributed by atoms with van der Waals surface area (Å²) in [6, 6.07) is 13.1. The van der Waals surface area contributed by atoms with Gasteiger partial charge in [-0.2, -0.15) is 0 Å². The van der Waals surface area contributed by atoms with Gasteiger partial charge in [-0.1, -0.05) is 41.2 Å². The fourth-order valence-corrected chi connectivity index (χ4v) is 2.27. The topological polar surface area (TPSA) is 56.7 Å². The average Bonchev–Trinajstić information content (AvgIpc) is 2.82. The molecule has 1 heterocycles. The number of para-hydroxylation sites is 1. The number of thiocarbonyl (C=S) groups is 1. The van der Waals surface area contributed by atoms with Crippen LogP contribution in [0.3, 0.4) is 0 Å². The Morgan fingerprint density at radius 2 is 2.00 bits per heavy atom. The third-order valence-electron chi connectivity index (χ3n) is 2.81. The van der Waals surface area contributed by atoms with E-state index in [0.29, 0.717) is 10.0 Å². The lowest BCUT2D eigenvalue weighted by atomic mass is 10.2. The van der Waals surface area contributed by atoms with E-state index >= 15 is 0 Å². The van der Waals surface area contributed by atoms with E-state index in [0.717, 1.165) is 22.3 Å². The molecule has 3 rings (SSSR count). The number of rotatable bonds is 2. The molecule has 3 aromatic rings. The molecule has 2 aromatic carbocycles. The molecule has 0 aliphatic carbocycles. The van der Waals surface area contributed by atoms with Crippen LogP contribution in [0.15, 0.2) is 42.5 Å². The lowest BCUT2D eigenvalue weighted by Crippen LogP contribution is -2.09. The minimum atomic E-state index is 0.317. The number of halogens is 1. The highest BCUT2D eigenvalue weighted by Crippen LogP contribution is 2.24. The van der Waals surface area contributed by atoms with Crippen LogP contribution in [0.25, 0.3) is 16.7 Å². The van der Waals surface area contributed by atoms with Gasteiger partial charge in [-0.15, -0.1) is 5.10 Å². The van der Waals surface area contributed by atoms with Crippen LogP contribution in [0, 0.1) is 0 Å². The first kappa shape index (κ1) is 12.1. The van der Waals surface area contributed by atoms with Gasteiger partial charge in [0.1, 0.15) is 10.5 Å². The molecule has 2 N–H and O–H groups in total. The zero-order valence-corrected chi connectivity index (χ0v) is 11.3. The summed E-state index contributed by atoms with van der Waals surface area (Å²) in [7, 11) is 0. The Morgan fingerprint density at radius 1 is 1.21 bits per heavy atom. The van der Waals surface area contributed by atoms with Crippen molar-refractivity contribution >= 4 is 39.8 Å². The maximum absolute atomic E-state index is 6.26. The second kappa shape index (κ2) is 4.60. The zero-order valence-electron chi connectivity index (χ0n) is 9.75. The third kappa shape index (κ3) is 2.07. The molecular weight excluding hydrogens is 280 g/mol. The SMILES string of the molecule is NC(=S)c1ccc(-n2nnc3ccccc32)c(Cl)c1. The molecule has 1 aromatic heterocycles. The van der Waals surface area contributed by atoms with Crippen LogP contribution in [0.4, 0.5) is 0 Å². The van der Waals surface area contributed by atoms with E-state index in [9.17, 15) is 0 Å². The quantitative estimate of drug-likeness (QED) is 0.737. The second-order valence-electron chi connectivity index (χ2n) is 4.02. The minimum Gasteiger partial charge on any atom is -0.389 e. The predicted octanol–water partition coefficient (Wildman–Crippen LogP) is 2.71. The minimum absolute atomic E-state index is 0.317. The fourth-order valence-electron chi connectivity index (χ4n) is 1.88. The van der Waals surface area contributed by atoms with Gasteiger partial charge in [0, 0.05) is 5.56 Å². The van der Waals surface area contributed by atoms with E-state index in [2.05, 4.69) is 10.3 Å². The number of fused-ring (bicyclic) bond motifs is 1. The van der Waals surface area contributed by atoms with Crippen molar-refractivity contribution in [3.63, 3.8) is 0 Å². The molecule has 94 valence electrons. The Bertz CT molecular complexity index is 781. The van der Waals surface area contributed by atoms with Gasteiger partial charge in [0.25, 0.3) is 0 Å². The number of nitrogens with two attached hydrogens (primary N) is 1. The van der Waals surface area contributed by atoms with Crippen LogP contribution in [0.1, 0.15) is 5.56 Å². The number of benzene rings is 2. The van der Waals surface area contributed by atoms with Gasteiger partial charge in [0.15, 0.2) is 0 Å². The summed E-state index contributed by atoms with van der Waals surface area (Å²) >= 11 is 11.2. The fraction of sp³-hybridized carbons (Fsp3) is 0. The summed E-state index contributed by atoms with van der Waals surface area (Å²) in [5, 5.41) is 8.75. The summed E-state index contributed by atoms with van der Waals surface area (Å²) in [6.07, 6.45) is 0. The number of hydrogen-bond acceptors (Lipinski definition) is 3. The van der Waals surface area contributed by atoms with Crippen LogP contribution in [-0.2, 0) is 0 Å². The van der Waals surface area contributed by atoms with Crippen molar-refractivity contribution < 1.29 is 0 Å². The molecule has 0 fully saturated rings. The molecule has 0 aliphatic heterocycles. The van der Waals surface area contributed by atoms with E-state index in [1.807, 2.05) is 36.4 Å². The molecular formula is C13H9ClN4S. The summed E-state index contributed by atoms with van der Waals surface area (Å²) in [6.45, 7) is 0. The third-order valence-corrected chi connectivity index (χ3v) is 3.35. The van der Waals surface area contributed by atoms with Crippen LogP contribution in [0.2, 0.25) is 5.02 Å². The van der Waals surface area contributed by atoms with E-state index in [1.54, 1.807) is 10.7 Å². The molecule has 0 spiro atoms. The summed E-state index contributed by atoms with van der Waals surface area (Å²) in [4.78, 5) is 0.317. The molecule has 6 heteroatoms. The molecule has 4 nitrogen and oxygen atoms in total. The lowest BCUT2D eigenvalue weighted by Gasteiger charge is -2.06.